The van der Waals surface area contributed by atoms with Crippen LogP contribution in [0.3, 0.4) is 0 Å². The Hall–Kier alpha value is -3.09. The molecular formula is C21H24FN3O3. The zero-order chi connectivity index (χ0) is 20.1. The summed E-state index contributed by atoms with van der Waals surface area (Å²) >= 11 is 0. The van der Waals surface area contributed by atoms with Crippen molar-refractivity contribution in [2.45, 2.75) is 32.7 Å². The Labute approximate surface area is 163 Å². The first-order chi connectivity index (χ1) is 13.5. The molecular weight excluding hydrogens is 361 g/mol. The van der Waals surface area contributed by atoms with Crippen molar-refractivity contribution in [3.63, 3.8) is 0 Å². The highest BCUT2D eigenvalue weighted by atomic mass is 19.1. The first-order valence-electron chi connectivity index (χ1n) is 9.37. The second-order valence-corrected chi connectivity index (χ2v) is 6.78. The third-order valence-electron chi connectivity index (χ3n) is 4.47. The Bertz CT molecular complexity index is 850. The van der Waals surface area contributed by atoms with Crippen molar-refractivity contribution in [1.82, 2.24) is 5.32 Å². The molecule has 3 rings (SSSR count). The topological polar surface area (TPSA) is 79.5 Å². The molecule has 3 N–H and O–H groups in total. The fourth-order valence-corrected chi connectivity index (χ4v) is 2.76. The lowest BCUT2D eigenvalue weighted by Crippen LogP contribution is -2.31. The van der Waals surface area contributed by atoms with E-state index in [2.05, 4.69) is 16.0 Å². The summed E-state index contributed by atoms with van der Waals surface area (Å²) in [5, 5.41) is 8.39. The van der Waals surface area contributed by atoms with E-state index in [1.165, 1.54) is 18.2 Å². The quantitative estimate of drug-likeness (QED) is 0.659. The number of anilines is 2. The molecule has 6 nitrogen and oxygen atoms in total. The molecule has 0 saturated heterocycles. The molecule has 7 heteroatoms. The molecule has 0 aromatic heterocycles. The van der Waals surface area contributed by atoms with Crippen LogP contribution in [0.25, 0.3) is 0 Å². The predicted molar refractivity (Wildman–Crippen MR) is 106 cm³/mol. The summed E-state index contributed by atoms with van der Waals surface area (Å²) in [5.74, 6) is 0.0532. The van der Waals surface area contributed by atoms with E-state index in [-0.39, 0.29) is 23.6 Å². The third kappa shape index (κ3) is 5.22. The van der Waals surface area contributed by atoms with E-state index in [9.17, 15) is 14.0 Å². The lowest BCUT2D eigenvalue weighted by Gasteiger charge is -2.17. The van der Waals surface area contributed by atoms with E-state index in [1.807, 2.05) is 31.2 Å². The van der Waals surface area contributed by atoms with Gasteiger partial charge in [0.25, 0.3) is 0 Å². The van der Waals surface area contributed by atoms with Gasteiger partial charge in [0.05, 0.1) is 18.3 Å². The zero-order valence-electron chi connectivity index (χ0n) is 15.9. The van der Waals surface area contributed by atoms with Gasteiger partial charge in [0.1, 0.15) is 11.6 Å². The van der Waals surface area contributed by atoms with Gasteiger partial charge in [-0.25, -0.2) is 9.18 Å². The van der Waals surface area contributed by atoms with Crippen LogP contribution < -0.4 is 20.7 Å². The summed E-state index contributed by atoms with van der Waals surface area (Å²) in [6, 6.07) is 10.6. The van der Waals surface area contributed by atoms with Crippen LogP contribution in [0.15, 0.2) is 42.5 Å². The van der Waals surface area contributed by atoms with Crippen LogP contribution in [-0.4, -0.2) is 18.5 Å². The van der Waals surface area contributed by atoms with Gasteiger partial charge in [-0.15, -0.1) is 0 Å². The Morgan fingerprint density at radius 3 is 2.50 bits per heavy atom. The average molecular weight is 385 g/mol. The van der Waals surface area contributed by atoms with Gasteiger partial charge >= 0.3 is 6.03 Å². The summed E-state index contributed by atoms with van der Waals surface area (Å²) in [6.07, 6.45) is 1.91. The van der Waals surface area contributed by atoms with Gasteiger partial charge in [0.2, 0.25) is 5.91 Å². The van der Waals surface area contributed by atoms with Crippen molar-refractivity contribution < 1.29 is 18.7 Å². The molecule has 28 heavy (non-hydrogen) atoms. The first-order valence-corrected chi connectivity index (χ1v) is 9.37. The average Bonchev–Trinajstić information content (AvgIpc) is 3.50. The van der Waals surface area contributed by atoms with Crippen LogP contribution in [0.4, 0.5) is 20.6 Å². The van der Waals surface area contributed by atoms with Gasteiger partial charge in [-0.1, -0.05) is 12.1 Å². The number of carbonyl (C=O) groups excluding carboxylic acids is 2. The number of carbonyl (C=O) groups is 2. The summed E-state index contributed by atoms with van der Waals surface area (Å²) in [7, 11) is 0. The SMILES string of the molecule is CCOc1cc(F)ccc1NC(=O)NC(C)c1ccc(NC(=O)C2CC2)cc1. The Balaban J connectivity index is 1.57. The minimum Gasteiger partial charge on any atom is -0.492 e. The molecule has 2 aromatic carbocycles. The highest BCUT2D eigenvalue weighted by Gasteiger charge is 2.29. The monoisotopic (exact) mass is 385 g/mol. The van der Waals surface area contributed by atoms with E-state index in [0.29, 0.717) is 12.3 Å². The normalized spacial score (nSPS) is 14.1. The Morgan fingerprint density at radius 1 is 1.14 bits per heavy atom. The van der Waals surface area contributed by atoms with Gasteiger partial charge in [-0.05, 0) is 56.5 Å². The summed E-state index contributed by atoms with van der Waals surface area (Å²) in [5.41, 5.74) is 2.03. The summed E-state index contributed by atoms with van der Waals surface area (Å²) in [4.78, 5) is 24.1. The summed E-state index contributed by atoms with van der Waals surface area (Å²) in [6.45, 7) is 4.00. The standard InChI is InChI=1S/C21H24FN3O3/c1-3-28-19-12-16(22)8-11-18(19)25-21(27)23-13(2)14-6-9-17(10-7-14)24-20(26)15-4-5-15/h6-13,15H,3-5H2,1-2H3,(H,24,26)(H2,23,25,27). The van der Waals surface area contributed by atoms with Crippen molar-refractivity contribution >= 4 is 23.3 Å². The van der Waals surface area contributed by atoms with Gasteiger partial charge in [-0.3, -0.25) is 4.79 Å². The number of amides is 3. The number of benzene rings is 2. The number of nitrogens with one attached hydrogen (secondary N) is 3. The second-order valence-electron chi connectivity index (χ2n) is 6.78. The minimum atomic E-state index is -0.434. The van der Waals surface area contributed by atoms with Crippen LogP contribution in [0.2, 0.25) is 0 Å². The molecule has 2 aromatic rings. The van der Waals surface area contributed by atoms with E-state index >= 15 is 0 Å². The van der Waals surface area contributed by atoms with Gasteiger partial charge in [-0.2, -0.15) is 0 Å². The fraction of sp³-hybridized carbons (Fsp3) is 0.333. The number of urea groups is 1. The van der Waals surface area contributed by atoms with Crippen LogP contribution in [-0.2, 0) is 4.79 Å². The lowest BCUT2D eigenvalue weighted by molar-refractivity contribution is -0.117. The van der Waals surface area contributed by atoms with Crippen molar-refractivity contribution in [3.05, 3.63) is 53.8 Å². The van der Waals surface area contributed by atoms with Crippen molar-refractivity contribution in [2.24, 2.45) is 5.92 Å². The van der Waals surface area contributed by atoms with Crippen LogP contribution in [0.5, 0.6) is 5.75 Å². The van der Waals surface area contributed by atoms with Crippen molar-refractivity contribution in [1.29, 1.82) is 0 Å². The highest BCUT2D eigenvalue weighted by Crippen LogP contribution is 2.30. The molecule has 3 amide bonds. The Kier molecular flexibility index (Phi) is 6.13. The fourth-order valence-electron chi connectivity index (χ4n) is 2.76. The number of rotatable bonds is 7. The number of hydrogen-bond donors (Lipinski definition) is 3. The largest absolute Gasteiger partial charge is 0.492 e. The van der Waals surface area contributed by atoms with E-state index in [0.717, 1.165) is 24.1 Å². The molecule has 0 bridgehead atoms. The maximum atomic E-state index is 13.4. The number of hydrogen-bond acceptors (Lipinski definition) is 3. The Morgan fingerprint density at radius 2 is 1.86 bits per heavy atom. The van der Waals surface area contributed by atoms with E-state index in [4.69, 9.17) is 4.74 Å². The molecule has 0 radical (unpaired) electrons. The molecule has 0 spiro atoms. The molecule has 0 aliphatic heterocycles. The maximum absolute atomic E-state index is 13.4. The molecule has 1 aliphatic rings. The van der Waals surface area contributed by atoms with Gasteiger partial charge in [0.15, 0.2) is 0 Å². The van der Waals surface area contributed by atoms with Crippen LogP contribution in [0.1, 0.15) is 38.3 Å². The molecule has 1 saturated carbocycles. The van der Waals surface area contributed by atoms with Crippen molar-refractivity contribution in [3.8, 4) is 5.75 Å². The van der Waals surface area contributed by atoms with Crippen molar-refractivity contribution in [2.75, 3.05) is 17.2 Å². The van der Waals surface area contributed by atoms with Crippen LogP contribution >= 0.6 is 0 Å². The second kappa shape index (κ2) is 8.73. The molecule has 148 valence electrons. The first kappa shape index (κ1) is 19.7. The minimum absolute atomic E-state index is 0.0581. The summed E-state index contributed by atoms with van der Waals surface area (Å²) < 4.78 is 18.7. The maximum Gasteiger partial charge on any atom is 0.319 e. The number of halogens is 1. The molecule has 1 unspecified atom stereocenters. The number of ether oxygens (including phenoxy) is 1. The predicted octanol–water partition coefficient (Wildman–Crippen LogP) is 4.46. The smallest absolute Gasteiger partial charge is 0.319 e. The third-order valence-corrected chi connectivity index (χ3v) is 4.47. The van der Waals surface area contributed by atoms with Gasteiger partial charge in [0, 0.05) is 17.7 Å². The lowest BCUT2D eigenvalue weighted by atomic mass is 10.1. The molecule has 1 fully saturated rings. The van der Waals surface area contributed by atoms with Gasteiger partial charge < -0.3 is 20.7 Å². The van der Waals surface area contributed by atoms with E-state index in [1.54, 1.807) is 6.92 Å². The zero-order valence-corrected chi connectivity index (χ0v) is 15.9. The van der Waals surface area contributed by atoms with E-state index < -0.39 is 11.8 Å². The van der Waals surface area contributed by atoms with Crippen LogP contribution in [0, 0.1) is 11.7 Å². The molecule has 0 heterocycles. The molecule has 1 aliphatic carbocycles. The molecule has 1 atom stereocenters. The highest BCUT2D eigenvalue weighted by molar-refractivity contribution is 5.94.